The van der Waals surface area contributed by atoms with Crippen molar-refractivity contribution < 1.29 is 13.9 Å². The number of aromatic nitrogens is 1. The molecule has 130 valence electrons. The molecule has 1 aromatic heterocycles. The Morgan fingerprint density at radius 2 is 1.92 bits per heavy atom. The number of hydrogen-bond acceptors (Lipinski definition) is 4. The fourth-order valence-electron chi connectivity index (χ4n) is 3.13. The number of carbonyl (C=O) groups excluding carboxylic acids is 1. The Kier molecular flexibility index (Phi) is 4.15. The predicted octanol–water partition coefficient (Wildman–Crippen LogP) is 3.25. The van der Waals surface area contributed by atoms with Crippen LogP contribution >= 0.6 is 0 Å². The van der Waals surface area contributed by atoms with Gasteiger partial charge in [-0.15, -0.1) is 0 Å². The molecule has 1 amide bonds. The van der Waals surface area contributed by atoms with Crippen molar-refractivity contribution in [3.8, 4) is 0 Å². The first-order valence-corrected chi connectivity index (χ1v) is 8.32. The lowest BCUT2D eigenvalue weighted by Gasteiger charge is -2.33. The summed E-state index contributed by atoms with van der Waals surface area (Å²) < 4.78 is 12.2. The molecule has 0 bridgehead atoms. The lowest BCUT2D eigenvalue weighted by molar-refractivity contribution is 0.0205. The number of benzene rings is 1. The molecule has 0 atom stereocenters. The van der Waals surface area contributed by atoms with Crippen LogP contribution in [0.4, 0.5) is 4.79 Å². The molecule has 0 saturated carbocycles. The topological polar surface area (TPSA) is 64.7 Å². The van der Waals surface area contributed by atoms with Gasteiger partial charge in [0.25, 0.3) is 0 Å². The molecule has 6 nitrogen and oxygen atoms in total. The van der Waals surface area contributed by atoms with Crippen LogP contribution in [0.25, 0.3) is 11.1 Å². The van der Waals surface area contributed by atoms with Crippen LogP contribution in [0.1, 0.15) is 45.1 Å². The predicted molar refractivity (Wildman–Crippen MR) is 91.2 cm³/mol. The fraction of sp³-hybridized carbons (Fsp3) is 0.556. The van der Waals surface area contributed by atoms with Crippen LogP contribution in [0, 0.1) is 0 Å². The lowest BCUT2D eigenvalue weighted by atomic mass is 9.89. The number of fused-ring (bicyclic) bond motifs is 1. The van der Waals surface area contributed by atoms with E-state index in [-0.39, 0.29) is 11.8 Å². The van der Waals surface area contributed by atoms with Crippen molar-refractivity contribution >= 4 is 17.2 Å². The largest absolute Gasteiger partial charge is 0.444 e. The second kappa shape index (κ2) is 6.00. The highest BCUT2D eigenvalue weighted by Crippen LogP contribution is 2.30. The molecular formula is C18H24N2O4. The maximum atomic E-state index is 12.1. The monoisotopic (exact) mass is 332 g/mol. The van der Waals surface area contributed by atoms with Crippen LogP contribution in [0.5, 0.6) is 0 Å². The Morgan fingerprint density at radius 1 is 1.25 bits per heavy atom. The second-order valence-electron chi connectivity index (χ2n) is 7.40. The van der Waals surface area contributed by atoms with Gasteiger partial charge in [-0.05, 0) is 57.2 Å². The average molecular weight is 332 g/mol. The second-order valence-corrected chi connectivity index (χ2v) is 7.40. The third-order valence-electron chi connectivity index (χ3n) is 4.43. The summed E-state index contributed by atoms with van der Waals surface area (Å²) in [6.07, 6.45) is 1.51. The van der Waals surface area contributed by atoms with E-state index in [0.29, 0.717) is 24.6 Å². The third kappa shape index (κ3) is 3.32. The van der Waals surface area contributed by atoms with Crippen LogP contribution in [-0.4, -0.2) is 34.3 Å². The number of nitrogens with zero attached hydrogens (tertiary/aromatic N) is 2. The van der Waals surface area contributed by atoms with Gasteiger partial charge >= 0.3 is 11.8 Å². The van der Waals surface area contributed by atoms with Crippen molar-refractivity contribution in [1.29, 1.82) is 0 Å². The molecule has 2 heterocycles. The fourth-order valence-corrected chi connectivity index (χ4v) is 3.13. The number of piperidine rings is 1. The standard InChI is InChI=1S/C18H24N2O4/c1-18(2,3)24-17(22)20-9-7-12(8-10-20)13-5-6-14-15(11-13)23-16(21)19(14)4/h5-6,11-12H,7-10H2,1-4H3. The van der Waals surface area contributed by atoms with E-state index in [1.807, 2.05) is 39.0 Å². The van der Waals surface area contributed by atoms with Crippen LogP contribution in [0.3, 0.4) is 0 Å². The first-order chi connectivity index (χ1) is 11.2. The molecule has 24 heavy (non-hydrogen) atoms. The minimum atomic E-state index is -0.468. The van der Waals surface area contributed by atoms with Gasteiger partial charge in [-0.1, -0.05) is 6.07 Å². The molecule has 6 heteroatoms. The van der Waals surface area contributed by atoms with E-state index in [4.69, 9.17) is 9.15 Å². The van der Waals surface area contributed by atoms with Crippen LogP contribution in [0.15, 0.2) is 27.4 Å². The zero-order valence-electron chi connectivity index (χ0n) is 14.7. The first kappa shape index (κ1) is 16.6. The Morgan fingerprint density at radius 3 is 2.54 bits per heavy atom. The molecule has 3 rings (SSSR count). The van der Waals surface area contributed by atoms with Gasteiger partial charge in [0.1, 0.15) is 5.60 Å². The van der Waals surface area contributed by atoms with Gasteiger partial charge in [-0.25, -0.2) is 9.59 Å². The zero-order valence-corrected chi connectivity index (χ0v) is 14.7. The first-order valence-electron chi connectivity index (χ1n) is 8.32. The minimum Gasteiger partial charge on any atom is -0.444 e. The molecule has 0 aliphatic carbocycles. The highest BCUT2D eigenvalue weighted by Gasteiger charge is 2.27. The van der Waals surface area contributed by atoms with E-state index in [2.05, 4.69) is 0 Å². The van der Waals surface area contributed by atoms with Crippen molar-refractivity contribution in [1.82, 2.24) is 9.47 Å². The number of oxazole rings is 1. The normalized spacial score (nSPS) is 16.6. The van der Waals surface area contributed by atoms with Crippen molar-refractivity contribution in [2.75, 3.05) is 13.1 Å². The quantitative estimate of drug-likeness (QED) is 0.804. The number of hydrogen-bond donors (Lipinski definition) is 0. The zero-order chi connectivity index (χ0) is 17.5. The van der Waals surface area contributed by atoms with Gasteiger partial charge in [-0.2, -0.15) is 0 Å². The molecule has 1 aromatic carbocycles. The Labute approximate surface area is 141 Å². The molecule has 0 spiro atoms. The smallest absolute Gasteiger partial charge is 0.419 e. The van der Waals surface area contributed by atoms with Crippen LogP contribution in [-0.2, 0) is 11.8 Å². The maximum absolute atomic E-state index is 12.1. The van der Waals surface area contributed by atoms with E-state index in [1.54, 1.807) is 11.9 Å². The minimum absolute atomic E-state index is 0.245. The highest BCUT2D eigenvalue weighted by atomic mass is 16.6. The van der Waals surface area contributed by atoms with Crippen LogP contribution < -0.4 is 5.76 Å². The van der Waals surface area contributed by atoms with E-state index < -0.39 is 5.60 Å². The number of carbonyl (C=O) groups is 1. The van der Waals surface area contributed by atoms with Gasteiger partial charge in [0.05, 0.1) is 5.52 Å². The van der Waals surface area contributed by atoms with Gasteiger partial charge in [-0.3, -0.25) is 4.57 Å². The summed E-state index contributed by atoms with van der Waals surface area (Å²) in [6.45, 7) is 6.98. The molecule has 0 unspecified atom stereocenters. The summed E-state index contributed by atoms with van der Waals surface area (Å²) in [5, 5.41) is 0. The van der Waals surface area contributed by atoms with E-state index in [1.165, 1.54) is 4.57 Å². The van der Waals surface area contributed by atoms with Crippen molar-refractivity contribution in [3.05, 3.63) is 34.3 Å². The summed E-state index contributed by atoms with van der Waals surface area (Å²) in [5.41, 5.74) is 2.11. The summed E-state index contributed by atoms with van der Waals surface area (Å²) in [5.74, 6) is 0.0143. The Balaban J connectivity index is 1.68. The lowest BCUT2D eigenvalue weighted by Crippen LogP contribution is -2.41. The summed E-state index contributed by atoms with van der Waals surface area (Å²) in [4.78, 5) is 25.5. The molecule has 1 aliphatic rings. The molecule has 2 aromatic rings. The Hall–Kier alpha value is -2.24. The van der Waals surface area contributed by atoms with E-state index in [9.17, 15) is 9.59 Å². The number of amides is 1. The van der Waals surface area contributed by atoms with Gasteiger partial charge in [0.15, 0.2) is 5.58 Å². The SMILES string of the molecule is Cn1c(=O)oc2cc(C3CCN(C(=O)OC(C)(C)C)CC3)ccc21. The number of likely N-dealkylation sites (tertiary alicyclic amines) is 1. The van der Waals surface area contributed by atoms with Crippen molar-refractivity contribution in [3.63, 3.8) is 0 Å². The number of ether oxygens (including phenoxy) is 1. The molecule has 1 saturated heterocycles. The van der Waals surface area contributed by atoms with Gasteiger partial charge in [0.2, 0.25) is 0 Å². The van der Waals surface area contributed by atoms with E-state index >= 15 is 0 Å². The van der Waals surface area contributed by atoms with Gasteiger partial charge in [0, 0.05) is 20.1 Å². The van der Waals surface area contributed by atoms with Gasteiger partial charge < -0.3 is 14.1 Å². The molecule has 1 aliphatic heterocycles. The third-order valence-corrected chi connectivity index (χ3v) is 4.43. The summed E-state index contributed by atoms with van der Waals surface area (Å²) in [6, 6.07) is 5.92. The van der Waals surface area contributed by atoms with Crippen molar-refractivity contribution in [2.24, 2.45) is 7.05 Å². The Bertz CT molecular complexity index is 805. The average Bonchev–Trinajstić information content (AvgIpc) is 2.80. The van der Waals surface area contributed by atoms with Crippen molar-refractivity contribution in [2.45, 2.75) is 45.1 Å². The summed E-state index contributed by atoms with van der Waals surface area (Å²) >= 11 is 0. The molecule has 0 N–H and O–H groups in total. The number of rotatable bonds is 1. The maximum Gasteiger partial charge on any atom is 0.419 e. The highest BCUT2D eigenvalue weighted by molar-refractivity contribution is 5.74. The molecular weight excluding hydrogens is 308 g/mol. The summed E-state index contributed by atoms with van der Waals surface area (Å²) in [7, 11) is 1.70. The number of aryl methyl sites for hydroxylation is 1. The van der Waals surface area contributed by atoms with Crippen LogP contribution in [0.2, 0.25) is 0 Å². The molecule has 0 radical (unpaired) electrons. The van der Waals surface area contributed by atoms with E-state index in [0.717, 1.165) is 23.9 Å². The molecule has 1 fully saturated rings.